The van der Waals surface area contributed by atoms with Crippen LogP contribution in [0.5, 0.6) is 0 Å². The van der Waals surface area contributed by atoms with Crippen LogP contribution in [0.2, 0.25) is 0 Å². The lowest BCUT2D eigenvalue weighted by Gasteiger charge is -2.07. The Kier molecular flexibility index (Phi) is 5.48. The van der Waals surface area contributed by atoms with Crippen molar-refractivity contribution in [1.29, 1.82) is 0 Å². The van der Waals surface area contributed by atoms with E-state index >= 15 is 0 Å². The minimum absolute atomic E-state index is 0.0399. The number of nitrogens with zero attached hydrogens (tertiary/aromatic N) is 2. The Labute approximate surface area is 124 Å². The van der Waals surface area contributed by atoms with Gasteiger partial charge in [0, 0.05) is 6.07 Å². The van der Waals surface area contributed by atoms with Crippen LogP contribution in [0.1, 0.15) is 6.92 Å². The van der Waals surface area contributed by atoms with Crippen molar-refractivity contribution in [3.05, 3.63) is 38.4 Å². The van der Waals surface area contributed by atoms with Crippen LogP contribution in [0.15, 0.2) is 23.1 Å². The van der Waals surface area contributed by atoms with E-state index in [1.54, 1.807) is 0 Å². The number of sulfonamides is 1. The molecule has 1 rings (SSSR count). The van der Waals surface area contributed by atoms with Crippen LogP contribution in [0.3, 0.4) is 0 Å². The SMILES string of the molecule is CCOC(=O)CNS(=O)(=O)c1ccc([N+](=O)[O-])cc1[N+](=O)[O-]. The number of carbonyl (C=O) groups is 1. The van der Waals surface area contributed by atoms with Gasteiger partial charge in [0.15, 0.2) is 4.90 Å². The highest BCUT2D eigenvalue weighted by Gasteiger charge is 2.28. The Bertz CT molecular complexity index is 715. The third-order valence-corrected chi connectivity index (χ3v) is 3.80. The second kappa shape index (κ2) is 6.91. The van der Waals surface area contributed by atoms with Crippen molar-refractivity contribution in [3.63, 3.8) is 0 Å². The quantitative estimate of drug-likeness (QED) is 0.425. The molecule has 120 valence electrons. The molecule has 0 aliphatic rings. The third-order valence-electron chi connectivity index (χ3n) is 2.35. The normalized spacial score (nSPS) is 11.0. The fourth-order valence-corrected chi connectivity index (χ4v) is 2.55. The summed E-state index contributed by atoms with van der Waals surface area (Å²) in [4.78, 5) is 29.8. The lowest BCUT2D eigenvalue weighted by molar-refractivity contribution is -0.396. The summed E-state index contributed by atoms with van der Waals surface area (Å²) in [5, 5.41) is 21.5. The summed E-state index contributed by atoms with van der Waals surface area (Å²) in [5.74, 6) is -0.865. The molecular weight excluding hydrogens is 322 g/mol. The maximum atomic E-state index is 12.0. The van der Waals surface area contributed by atoms with Gasteiger partial charge in [-0.1, -0.05) is 0 Å². The number of carbonyl (C=O) groups excluding carboxylic acids is 1. The van der Waals surface area contributed by atoms with Crippen molar-refractivity contribution in [3.8, 4) is 0 Å². The molecular formula is C10H11N3O8S. The van der Waals surface area contributed by atoms with Crippen LogP contribution < -0.4 is 4.72 Å². The highest BCUT2D eigenvalue weighted by atomic mass is 32.2. The lowest BCUT2D eigenvalue weighted by atomic mass is 10.3. The fourth-order valence-electron chi connectivity index (χ4n) is 1.43. The zero-order chi connectivity index (χ0) is 16.9. The predicted octanol–water partition coefficient (Wildman–Crippen LogP) is 0.344. The number of nitro groups is 2. The largest absolute Gasteiger partial charge is 0.465 e. The summed E-state index contributed by atoms with van der Waals surface area (Å²) in [6.07, 6.45) is 0. The zero-order valence-electron chi connectivity index (χ0n) is 11.2. The zero-order valence-corrected chi connectivity index (χ0v) is 12.0. The first-order valence-electron chi connectivity index (χ1n) is 5.77. The van der Waals surface area contributed by atoms with Crippen molar-refractivity contribution < 1.29 is 27.8 Å². The predicted molar refractivity (Wildman–Crippen MR) is 71.6 cm³/mol. The Morgan fingerprint density at radius 2 is 1.91 bits per heavy atom. The van der Waals surface area contributed by atoms with E-state index in [4.69, 9.17) is 0 Å². The van der Waals surface area contributed by atoms with Crippen LogP contribution in [0, 0.1) is 20.2 Å². The van der Waals surface area contributed by atoms with Gasteiger partial charge in [-0.05, 0) is 13.0 Å². The molecule has 0 heterocycles. The Morgan fingerprint density at radius 3 is 2.41 bits per heavy atom. The molecule has 0 aliphatic heterocycles. The van der Waals surface area contributed by atoms with Gasteiger partial charge < -0.3 is 4.74 Å². The van der Waals surface area contributed by atoms with E-state index in [1.165, 1.54) is 6.92 Å². The monoisotopic (exact) mass is 333 g/mol. The number of nitrogens with one attached hydrogen (secondary N) is 1. The molecule has 1 aromatic rings. The number of non-ortho nitro benzene ring substituents is 1. The molecule has 0 amide bonds. The summed E-state index contributed by atoms with van der Waals surface area (Å²) >= 11 is 0. The highest BCUT2D eigenvalue weighted by Crippen LogP contribution is 2.28. The van der Waals surface area contributed by atoms with E-state index in [0.717, 1.165) is 12.1 Å². The van der Waals surface area contributed by atoms with Gasteiger partial charge >= 0.3 is 5.97 Å². The molecule has 1 aromatic carbocycles. The van der Waals surface area contributed by atoms with E-state index in [2.05, 4.69) is 4.74 Å². The second-order valence-corrected chi connectivity index (χ2v) is 5.53. The number of benzene rings is 1. The lowest BCUT2D eigenvalue weighted by Crippen LogP contribution is -2.31. The van der Waals surface area contributed by atoms with Gasteiger partial charge in [-0.3, -0.25) is 25.0 Å². The van der Waals surface area contributed by atoms with Gasteiger partial charge in [0.1, 0.15) is 6.54 Å². The van der Waals surface area contributed by atoms with Crippen LogP contribution in [-0.2, 0) is 19.6 Å². The molecule has 0 aliphatic carbocycles. The molecule has 0 saturated heterocycles. The molecule has 0 saturated carbocycles. The van der Waals surface area contributed by atoms with Gasteiger partial charge in [0.2, 0.25) is 10.0 Å². The first-order chi connectivity index (χ1) is 10.2. The molecule has 12 heteroatoms. The molecule has 0 aromatic heterocycles. The first-order valence-corrected chi connectivity index (χ1v) is 7.25. The average molecular weight is 333 g/mol. The number of esters is 1. The summed E-state index contributed by atoms with van der Waals surface area (Å²) < 4.78 is 30.2. The van der Waals surface area contributed by atoms with Crippen LogP contribution in [0.4, 0.5) is 11.4 Å². The van der Waals surface area contributed by atoms with E-state index in [-0.39, 0.29) is 6.61 Å². The number of ether oxygens (including phenoxy) is 1. The summed E-state index contributed by atoms with van der Waals surface area (Å²) in [6.45, 7) is 0.843. The summed E-state index contributed by atoms with van der Waals surface area (Å²) in [5.41, 5.74) is -1.60. The molecule has 0 fully saturated rings. The second-order valence-electron chi connectivity index (χ2n) is 3.80. The highest BCUT2D eigenvalue weighted by molar-refractivity contribution is 7.89. The fraction of sp³-hybridized carbons (Fsp3) is 0.300. The van der Waals surface area contributed by atoms with Crippen molar-refractivity contribution in [2.45, 2.75) is 11.8 Å². The van der Waals surface area contributed by atoms with E-state index < -0.39 is 48.7 Å². The van der Waals surface area contributed by atoms with Gasteiger partial charge in [0.25, 0.3) is 11.4 Å². The van der Waals surface area contributed by atoms with Crippen LogP contribution >= 0.6 is 0 Å². The molecule has 0 bridgehead atoms. The van der Waals surface area contributed by atoms with Gasteiger partial charge in [-0.2, -0.15) is 4.72 Å². The molecule has 1 N–H and O–H groups in total. The van der Waals surface area contributed by atoms with E-state index in [9.17, 15) is 33.4 Å². The molecule has 0 atom stereocenters. The minimum atomic E-state index is -4.41. The molecule has 22 heavy (non-hydrogen) atoms. The smallest absolute Gasteiger partial charge is 0.321 e. The Hall–Kier alpha value is -2.60. The van der Waals surface area contributed by atoms with E-state index in [0.29, 0.717) is 6.07 Å². The number of hydrogen-bond donors (Lipinski definition) is 1. The molecule has 11 nitrogen and oxygen atoms in total. The van der Waals surface area contributed by atoms with Gasteiger partial charge in [-0.25, -0.2) is 8.42 Å². The topological polar surface area (TPSA) is 159 Å². The molecule has 0 spiro atoms. The first kappa shape index (κ1) is 17.5. The average Bonchev–Trinajstić information content (AvgIpc) is 2.44. The number of rotatable bonds is 7. The third kappa shape index (κ3) is 4.20. The van der Waals surface area contributed by atoms with Gasteiger partial charge in [0.05, 0.1) is 22.5 Å². The van der Waals surface area contributed by atoms with Gasteiger partial charge in [-0.15, -0.1) is 0 Å². The maximum absolute atomic E-state index is 12.0. The molecule has 0 radical (unpaired) electrons. The molecule has 0 unspecified atom stereocenters. The van der Waals surface area contributed by atoms with Crippen molar-refractivity contribution in [1.82, 2.24) is 4.72 Å². The van der Waals surface area contributed by atoms with Crippen LogP contribution in [0.25, 0.3) is 0 Å². The summed E-state index contributed by atoms with van der Waals surface area (Å²) in [6, 6.07) is 2.06. The standard InChI is InChI=1S/C10H11N3O8S/c1-2-21-10(14)6-11-22(19,20)9-4-3-7(12(15)16)5-8(9)13(17)18/h3-5,11H,2,6H2,1H3. The van der Waals surface area contributed by atoms with E-state index in [1.807, 2.05) is 4.72 Å². The Morgan fingerprint density at radius 1 is 1.27 bits per heavy atom. The minimum Gasteiger partial charge on any atom is -0.465 e. The van der Waals surface area contributed by atoms with Crippen LogP contribution in [-0.4, -0.2) is 37.4 Å². The van der Waals surface area contributed by atoms with Crippen molar-refractivity contribution in [2.24, 2.45) is 0 Å². The Balaban J connectivity index is 3.16. The van der Waals surface area contributed by atoms with Crippen molar-refractivity contribution >= 4 is 27.4 Å². The van der Waals surface area contributed by atoms with Crippen molar-refractivity contribution in [2.75, 3.05) is 13.2 Å². The number of hydrogen-bond acceptors (Lipinski definition) is 8. The maximum Gasteiger partial charge on any atom is 0.321 e. The summed E-state index contributed by atoms with van der Waals surface area (Å²) in [7, 11) is -4.41. The number of nitro benzene ring substituents is 2.